The van der Waals surface area contributed by atoms with Crippen LogP contribution < -0.4 is 0 Å². The molecule has 0 amide bonds. The molecule has 0 aliphatic heterocycles. The quantitative estimate of drug-likeness (QED) is 0.215. The molecule has 192 valence electrons. The van der Waals surface area contributed by atoms with E-state index in [-0.39, 0.29) is 0 Å². The van der Waals surface area contributed by atoms with E-state index in [1.165, 1.54) is 26.9 Å². The zero-order valence-electron chi connectivity index (χ0n) is 22.4. The van der Waals surface area contributed by atoms with Crippen molar-refractivity contribution in [1.29, 1.82) is 0 Å². The predicted octanol–water partition coefficient (Wildman–Crippen LogP) is 9.14. The summed E-state index contributed by atoms with van der Waals surface area (Å²) in [6, 6.07) is 40.2. The summed E-state index contributed by atoms with van der Waals surface area (Å²) in [7, 11) is 0. The number of nitrogens with zero attached hydrogens (tertiary/aromatic N) is 4. The van der Waals surface area contributed by atoms with Gasteiger partial charge in [-0.25, -0.2) is 15.0 Å². The molecule has 41 heavy (non-hydrogen) atoms. The van der Waals surface area contributed by atoms with Gasteiger partial charge in [0.15, 0.2) is 17.5 Å². The summed E-state index contributed by atoms with van der Waals surface area (Å²) in [5.74, 6) is 1.99. The number of benzene rings is 6. The molecule has 0 aliphatic rings. The smallest absolute Gasteiger partial charge is 0.164 e. The van der Waals surface area contributed by atoms with Crippen molar-refractivity contribution in [1.82, 2.24) is 19.9 Å². The lowest BCUT2D eigenvalue weighted by Gasteiger charge is -2.15. The van der Waals surface area contributed by atoms with Crippen LogP contribution in [0.5, 0.6) is 0 Å². The third-order valence-electron chi connectivity index (χ3n) is 7.93. The highest BCUT2D eigenvalue weighted by atomic mass is 15.0. The molecule has 0 bridgehead atoms. The van der Waals surface area contributed by atoms with Gasteiger partial charge in [-0.3, -0.25) is 4.98 Å². The van der Waals surface area contributed by atoms with Crippen LogP contribution in [0.25, 0.3) is 77.6 Å². The zero-order valence-corrected chi connectivity index (χ0v) is 22.4. The van der Waals surface area contributed by atoms with Gasteiger partial charge in [0.25, 0.3) is 0 Å². The lowest BCUT2D eigenvalue weighted by molar-refractivity contribution is 1.07. The molecule has 2 aromatic heterocycles. The van der Waals surface area contributed by atoms with Crippen LogP contribution in [0.4, 0.5) is 0 Å². The Kier molecular flexibility index (Phi) is 5.32. The standard InChI is InChI=1S/C37H24N4/c1-23-6-2-3-10-30(23)36-39-35(28-15-11-24(12-16-28)29-9-5-21-38-22-29)40-37(41-36)32-20-18-27-14-13-25-7-4-8-26-17-19-31(32)34(27)33(25)26/h2-22H,1H3. The second kappa shape index (κ2) is 9.32. The van der Waals surface area contributed by atoms with Crippen molar-refractivity contribution >= 4 is 32.3 Å². The van der Waals surface area contributed by atoms with Crippen molar-refractivity contribution in [2.24, 2.45) is 0 Å². The van der Waals surface area contributed by atoms with Crippen LogP contribution in [0.1, 0.15) is 5.56 Å². The van der Waals surface area contributed by atoms with Crippen molar-refractivity contribution in [2.75, 3.05) is 0 Å². The second-order valence-electron chi connectivity index (χ2n) is 10.4. The molecule has 8 rings (SSSR count). The molecule has 4 nitrogen and oxygen atoms in total. The normalized spacial score (nSPS) is 11.5. The van der Waals surface area contributed by atoms with Gasteiger partial charge < -0.3 is 0 Å². The van der Waals surface area contributed by atoms with Crippen molar-refractivity contribution in [3.8, 4) is 45.3 Å². The summed E-state index contributed by atoms with van der Waals surface area (Å²) < 4.78 is 0. The number of aromatic nitrogens is 4. The number of pyridine rings is 1. The molecule has 0 saturated heterocycles. The average molecular weight is 525 g/mol. The minimum Gasteiger partial charge on any atom is -0.264 e. The Hall–Kier alpha value is -5.48. The SMILES string of the molecule is Cc1ccccc1-c1nc(-c2ccc(-c3cccnc3)cc2)nc(-c2ccc3ccc4cccc5ccc2c3c45)n1. The Bertz CT molecular complexity index is 2190. The molecule has 0 aliphatic carbocycles. The third-order valence-corrected chi connectivity index (χ3v) is 7.93. The molecule has 0 unspecified atom stereocenters. The van der Waals surface area contributed by atoms with Crippen molar-refractivity contribution in [2.45, 2.75) is 6.92 Å². The maximum Gasteiger partial charge on any atom is 0.164 e. The molecule has 0 saturated carbocycles. The summed E-state index contributed by atoms with van der Waals surface area (Å²) in [6.07, 6.45) is 3.66. The van der Waals surface area contributed by atoms with Crippen molar-refractivity contribution < 1.29 is 0 Å². The zero-order chi connectivity index (χ0) is 27.3. The van der Waals surface area contributed by atoms with E-state index in [9.17, 15) is 0 Å². The molecule has 6 aromatic carbocycles. The molecule has 0 atom stereocenters. The number of aryl methyl sites for hydroxylation is 1. The summed E-state index contributed by atoms with van der Waals surface area (Å²) in [5.41, 5.74) is 6.24. The van der Waals surface area contributed by atoms with Gasteiger partial charge in [-0.2, -0.15) is 0 Å². The number of rotatable bonds is 4. The van der Waals surface area contributed by atoms with E-state index >= 15 is 0 Å². The topological polar surface area (TPSA) is 51.6 Å². The maximum atomic E-state index is 5.08. The fourth-order valence-electron chi connectivity index (χ4n) is 5.85. The van der Waals surface area contributed by atoms with Crippen LogP contribution in [0.2, 0.25) is 0 Å². The Labute approximate surface area is 237 Å². The predicted molar refractivity (Wildman–Crippen MR) is 168 cm³/mol. The van der Waals surface area contributed by atoms with Crippen LogP contribution in [0, 0.1) is 6.92 Å². The Morgan fingerprint density at radius 1 is 0.439 bits per heavy atom. The first kappa shape index (κ1) is 23.4. The molecular weight excluding hydrogens is 500 g/mol. The summed E-state index contributed by atoms with van der Waals surface area (Å²) in [5, 5.41) is 7.37. The van der Waals surface area contributed by atoms with E-state index in [0.29, 0.717) is 17.5 Å². The van der Waals surface area contributed by atoms with Gasteiger partial charge in [-0.1, -0.05) is 103 Å². The third kappa shape index (κ3) is 3.92. The second-order valence-corrected chi connectivity index (χ2v) is 10.4. The van der Waals surface area contributed by atoms with Crippen molar-refractivity contribution in [3.63, 3.8) is 0 Å². The number of hydrogen-bond donors (Lipinski definition) is 0. The fraction of sp³-hybridized carbons (Fsp3) is 0.0270. The minimum absolute atomic E-state index is 0.650. The molecule has 8 aromatic rings. The van der Waals surface area contributed by atoms with E-state index in [1.54, 1.807) is 6.20 Å². The molecule has 0 radical (unpaired) electrons. The number of hydrogen-bond acceptors (Lipinski definition) is 4. The first-order chi connectivity index (χ1) is 20.2. The summed E-state index contributed by atoms with van der Waals surface area (Å²) >= 11 is 0. The molecule has 2 heterocycles. The highest BCUT2D eigenvalue weighted by Gasteiger charge is 2.17. The fourth-order valence-corrected chi connectivity index (χ4v) is 5.85. The van der Waals surface area contributed by atoms with Gasteiger partial charge in [0.05, 0.1) is 0 Å². The highest BCUT2D eigenvalue weighted by Crippen LogP contribution is 2.39. The van der Waals surface area contributed by atoms with Crippen LogP contribution >= 0.6 is 0 Å². The van der Waals surface area contributed by atoms with Crippen LogP contribution in [-0.2, 0) is 0 Å². The average Bonchev–Trinajstić information content (AvgIpc) is 3.04. The monoisotopic (exact) mass is 524 g/mol. The van der Waals surface area contributed by atoms with Crippen LogP contribution in [-0.4, -0.2) is 19.9 Å². The Balaban J connectivity index is 1.35. The molecule has 0 spiro atoms. The van der Waals surface area contributed by atoms with E-state index in [2.05, 4.69) is 109 Å². The van der Waals surface area contributed by atoms with Gasteiger partial charge in [0.2, 0.25) is 0 Å². The van der Waals surface area contributed by atoms with Crippen LogP contribution in [0.3, 0.4) is 0 Å². The Morgan fingerprint density at radius 2 is 1.10 bits per heavy atom. The largest absolute Gasteiger partial charge is 0.264 e. The maximum absolute atomic E-state index is 5.08. The lowest BCUT2D eigenvalue weighted by atomic mass is 9.92. The van der Waals surface area contributed by atoms with E-state index < -0.39 is 0 Å². The van der Waals surface area contributed by atoms with Crippen LogP contribution in [0.15, 0.2) is 128 Å². The molecule has 0 N–H and O–H groups in total. The lowest BCUT2D eigenvalue weighted by Crippen LogP contribution is -2.01. The van der Waals surface area contributed by atoms with Gasteiger partial charge >= 0.3 is 0 Å². The molecular formula is C37H24N4. The Morgan fingerprint density at radius 3 is 1.85 bits per heavy atom. The minimum atomic E-state index is 0.650. The van der Waals surface area contributed by atoms with E-state index in [0.717, 1.165) is 38.8 Å². The highest BCUT2D eigenvalue weighted by molar-refractivity contribution is 6.25. The summed E-state index contributed by atoms with van der Waals surface area (Å²) in [4.78, 5) is 19.4. The first-order valence-corrected chi connectivity index (χ1v) is 13.7. The van der Waals surface area contributed by atoms with Crippen molar-refractivity contribution in [3.05, 3.63) is 133 Å². The van der Waals surface area contributed by atoms with Gasteiger partial charge in [-0.05, 0) is 68.1 Å². The van der Waals surface area contributed by atoms with Gasteiger partial charge in [0.1, 0.15) is 0 Å². The van der Waals surface area contributed by atoms with E-state index in [1.807, 2.05) is 24.4 Å². The molecule has 4 heteroatoms. The van der Waals surface area contributed by atoms with Gasteiger partial charge in [-0.15, -0.1) is 0 Å². The van der Waals surface area contributed by atoms with E-state index in [4.69, 9.17) is 15.0 Å². The van der Waals surface area contributed by atoms with Gasteiger partial charge in [0, 0.05) is 29.1 Å². The molecule has 0 fully saturated rings. The summed E-state index contributed by atoms with van der Waals surface area (Å²) in [6.45, 7) is 2.09. The first-order valence-electron chi connectivity index (χ1n) is 13.7.